The third-order valence-corrected chi connectivity index (χ3v) is 1.78. The van der Waals surface area contributed by atoms with Crippen molar-refractivity contribution in [2.75, 3.05) is 0 Å². The van der Waals surface area contributed by atoms with Crippen LogP contribution in [0, 0.1) is 6.92 Å². The van der Waals surface area contributed by atoms with Crippen molar-refractivity contribution in [3.63, 3.8) is 0 Å². The van der Waals surface area contributed by atoms with Gasteiger partial charge in [-0.1, -0.05) is 0 Å². The maximum Gasteiger partial charge on any atom is 0.340 e. The van der Waals surface area contributed by atoms with Crippen molar-refractivity contribution >= 4 is 6.03 Å². The fraction of sp³-hybridized carbons (Fsp3) is 0.600. The first-order valence-electron chi connectivity index (χ1n) is 5.07. The molecular formula is C10H18N4O2. The summed E-state index contributed by atoms with van der Waals surface area (Å²) in [5.41, 5.74) is 2.90. The number of hydroxylamine groups is 1. The van der Waals surface area contributed by atoms with Gasteiger partial charge >= 0.3 is 6.03 Å². The number of rotatable bonds is 3. The van der Waals surface area contributed by atoms with Crippen LogP contribution < -0.4 is 10.8 Å². The second kappa shape index (κ2) is 4.98. The number of amides is 2. The highest BCUT2D eigenvalue weighted by molar-refractivity contribution is 5.72. The first kappa shape index (κ1) is 12.5. The summed E-state index contributed by atoms with van der Waals surface area (Å²) in [6.45, 7) is 7.84. The predicted molar refractivity (Wildman–Crippen MR) is 59.5 cm³/mol. The zero-order chi connectivity index (χ0) is 12.2. The van der Waals surface area contributed by atoms with E-state index >= 15 is 0 Å². The number of imidazole rings is 1. The average Bonchev–Trinajstić information content (AvgIpc) is 2.57. The molecule has 0 radical (unpaired) electrons. The molecule has 1 heterocycles. The van der Waals surface area contributed by atoms with Gasteiger partial charge in [-0.3, -0.25) is 4.84 Å². The fourth-order valence-corrected chi connectivity index (χ4v) is 0.945. The SMILES string of the molecule is Cc1cncn1CNC(=O)NOC(C)(C)C. The normalized spacial score (nSPS) is 11.2. The Morgan fingerprint density at radius 1 is 1.56 bits per heavy atom. The number of urea groups is 1. The van der Waals surface area contributed by atoms with Gasteiger partial charge in [0.15, 0.2) is 0 Å². The van der Waals surface area contributed by atoms with Crippen molar-refractivity contribution in [3.05, 3.63) is 18.2 Å². The van der Waals surface area contributed by atoms with E-state index in [1.54, 1.807) is 12.5 Å². The maximum absolute atomic E-state index is 11.3. The molecular weight excluding hydrogens is 208 g/mol. The number of aromatic nitrogens is 2. The highest BCUT2D eigenvalue weighted by Gasteiger charge is 2.12. The number of nitrogens with one attached hydrogen (secondary N) is 2. The van der Waals surface area contributed by atoms with E-state index in [0.29, 0.717) is 6.67 Å². The molecule has 16 heavy (non-hydrogen) atoms. The molecule has 0 aliphatic carbocycles. The van der Waals surface area contributed by atoms with Crippen molar-refractivity contribution < 1.29 is 9.63 Å². The molecule has 1 rings (SSSR count). The molecule has 0 atom stereocenters. The lowest BCUT2D eigenvalue weighted by atomic mass is 10.2. The predicted octanol–water partition coefficient (Wildman–Crippen LogP) is 1.18. The molecule has 0 saturated heterocycles. The molecule has 6 heteroatoms. The molecule has 6 nitrogen and oxygen atoms in total. The molecule has 0 aliphatic heterocycles. The van der Waals surface area contributed by atoms with Crippen LogP contribution >= 0.6 is 0 Å². The number of hydrogen-bond acceptors (Lipinski definition) is 3. The van der Waals surface area contributed by atoms with E-state index < -0.39 is 5.60 Å². The van der Waals surface area contributed by atoms with Gasteiger partial charge in [-0.2, -0.15) is 0 Å². The van der Waals surface area contributed by atoms with Crippen molar-refractivity contribution in [2.45, 2.75) is 40.0 Å². The van der Waals surface area contributed by atoms with Crippen molar-refractivity contribution in [1.82, 2.24) is 20.3 Å². The Bertz CT molecular complexity index is 354. The summed E-state index contributed by atoms with van der Waals surface area (Å²) in [5, 5.41) is 2.65. The average molecular weight is 226 g/mol. The van der Waals surface area contributed by atoms with Crippen LogP contribution in [0.2, 0.25) is 0 Å². The lowest BCUT2D eigenvalue weighted by Gasteiger charge is -2.19. The van der Waals surface area contributed by atoms with Crippen molar-refractivity contribution in [1.29, 1.82) is 0 Å². The second-order valence-electron chi connectivity index (χ2n) is 4.49. The van der Waals surface area contributed by atoms with Gasteiger partial charge in [0.05, 0.1) is 18.6 Å². The third-order valence-electron chi connectivity index (χ3n) is 1.78. The molecule has 0 spiro atoms. The van der Waals surface area contributed by atoms with Crippen LogP contribution in [0.5, 0.6) is 0 Å². The minimum atomic E-state index is -0.401. The Balaban J connectivity index is 2.29. The van der Waals surface area contributed by atoms with Gasteiger partial charge in [0, 0.05) is 11.9 Å². The van der Waals surface area contributed by atoms with Crippen LogP contribution in [-0.4, -0.2) is 21.2 Å². The Kier molecular flexibility index (Phi) is 3.89. The van der Waals surface area contributed by atoms with Gasteiger partial charge in [-0.25, -0.2) is 15.3 Å². The molecule has 0 aromatic carbocycles. The van der Waals surface area contributed by atoms with E-state index in [-0.39, 0.29) is 6.03 Å². The van der Waals surface area contributed by atoms with E-state index in [2.05, 4.69) is 15.8 Å². The summed E-state index contributed by atoms with van der Waals surface area (Å²) in [5.74, 6) is 0. The van der Waals surface area contributed by atoms with Gasteiger partial charge in [0.25, 0.3) is 0 Å². The first-order valence-corrected chi connectivity index (χ1v) is 5.07. The summed E-state index contributed by atoms with van der Waals surface area (Å²) in [6.07, 6.45) is 3.38. The Morgan fingerprint density at radius 3 is 2.75 bits per heavy atom. The Morgan fingerprint density at radius 2 is 2.25 bits per heavy atom. The van der Waals surface area contributed by atoms with E-state index in [1.165, 1.54) is 0 Å². The smallest absolute Gasteiger partial charge is 0.318 e. The summed E-state index contributed by atoms with van der Waals surface area (Å²) < 4.78 is 1.82. The number of hydrogen-bond donors (Lipinski definition) is 2. The van der Waals surface area contributed by atoms with E-state index in [9.17, 15) is 4.79 Å². The molecule has 0 fully saturated rings. The minimum Gasteiger partial charge on any atom is -0.318 e. The minimum absolute atomic E-state index is 0.366. The van der Waals surface area contributed by atoms with Crippen LogP contribution in [0.1, 0.15) is 26.5 Å². The number of carbonyl (C=O) groups is 1. The molecule has 0 aliphatic rings. The molecule has 90 valence electrons. The van der Waals surface area contributed by atoms with E-state index in [1.807, 2.05) is 32.3 Å². The summed E-state index contributed by atoms with van der Waals surface area (Å²) in [6, 6.07) is -0.372. The summed E-state index contributed by atoms with van der Waals surface area (Å²) >= 11 is 0. The molecule has 2 N–H and O–H groups in total. The highest BCUT2D eigenvalue weighted by atomic mass is 16.7. The van der Waals surface area contributed by atoms with Crippen LogP contribution in [0.4, 0.5) is 4.79 Å². The van der Waals surface area contributed by atoms with Crippen LogP contribution in [0.15, 0.2) is 12.5 Å². The first-order chi connectivity index (χ1) is 7.38. The molecule has 2 amide bonds. The topological polar surface area (TPSA) is 68.2 Å². The molecule has 1 aromatic heterocycles. The van der Waals surface area contributed by atoms with Crippen LogP contribution in [0.25, 0.3) is 0 Å². The van der Waals surface area contributed by atoms with Gasteiger partial charge in [0.2, 0.25) is 0 Å². The van der Waals surface area contributed by atoms with Crippen LogP contribution in [-0.2, 0) is 11.5 Å². The number of aryl methyl sites for hydroxylation is 1. The van der Waals surface area contributed by atoms with Crippen LogP contribution in [0.3, 0.4) is 0 Å². The quantitative estimate of drug-likeness (QED) is 0.760. The third kappa shape index (κ3) is 4.31. The molecule has 0 saturated carbocycles. The van der Waals surface area contributed by atoms with Gasteiger partial charge in [-0.05, 0) is 27.7 Å². The highest BCUT2D eigenvalue weighted by Crippen LogP contribution is 2.03. The zero-order valence-corrected chi connectivity index (χ0v) is 10.1. The monoisotopic (exact) mass is 226 g/mol. The Hall–Kier alpha value is -1.56. The van der Waals surface area contributed by atoms with Gasteiger partial charge in [-0.15, -0.1) is 0 Å². The lowest BCUT2D eigenvalue weighted by molar-refractivity contribution is -0.0531. The van der Waals surface area contributed by atoms with E-state index in [0.717, 1.165) is 5.69 Å². The summed E-state index contributed by atoms with van der Waals surface area (Å²) in [7, 11) is 0. The maximum atomic E-state index is 11.3. The largest absolute Gasteiger partial charge is 0.340 e. The van der Waals surface area contributed by atoms with Gasteiger partial charge < -0.3 is 9.88 Å². The van der Waals surface area contributed by atoms with Crippen molar-refractivity contribution in [3.8, 4) is 0 Å². The summed E-state index contributed by atoms with van der Waals surface area (Å²) in [4.78, 5) is 20.4. The van der Waals surface area contributed by atoms with Gasteiger partial charge in [0.1, 0.15) is 0 Å². The van der Waals surface area contributed by atoms with E-state index in [4.69, 9.17) is 4.84 Å². The van der Waals surface area contributed by atoms with Crippen molar-refractivity contribution in [2.24, 2.45) is 0 Å². The molecule has 0 bridgehead atoms. The second-order valence-corrected chi connectivity index (χ2v) is 4.49. The standard InChI is InChI=1S/C10H18N4O2/c1-8-5-11-6-14(8)7-12-9(15)13-16-10(2,3)4/h5-6H,7H2,1-4H3,(H2,12,13,15). The zero-order valence-electron chi connectivity index (χ0n) is 10.1. The lowest BCUT2D eigenvalue weighted by Crippen LogP contribution is -2.40. The Labute approximate surface area is 95.0 Å². The molecule has 1 aromatic rings. The fourth-order valence-electron chi connectivity index (χ4n) is 0.945. The number of nitrogens with zero attached hydrogens (tertiary/aromatic N) is 2. The number of carbonyl (C=O) groups excluding carboxylic acids is 1. The molecule has 0 unspecified atom stereocenters.